The Morgan fingerprint density at radius 2 is 2.12 bits per heavy atom. The largest absolute Gasteiger partial charge is 0.481 e. The second-order valence-electron chi connectivity index (χ2n) is 6.29. The molecule has 0 saturated carbocycles. The molecular formula is C17H22N4O4. The molecule has 1 N–H and O–H groups in total. The van der Waals surface area contributed by atoms with Gasteiger partial charge in [0.1, 0.15) is 0 Å². The molecule has 0 aromatic carbocycles. The maximum atomic E-state index is 13.0. The summed E-state index contributed by atoms with van der Waals surface area (Å²) in [5.41, 5.74) is 1.99. The van der Waals surface area contributed by atoms with Gasteiger partial charge in [0.15, 0.2) is 5.65 Å². The number of carbonyl (C=O) groups excluding carboxylic acids is 1. The molecule has 2 aromatic heterocycles. The number of nitrogens with zero attached hydrogens (tertiary/aromatic N) is 4. The number of hydrogen-bond donors (Lipinski definition) is 1. The van der Waals surface area contributed by atoms with Gasteiger partial charge in [-0.2, -0.15) is 5.10 Å². The molecule has 1 fully saturated rings. The Hall–Kier alpha value is -2.48. The van der Waals surface area contributed by atoms with Crippen LogP contribution < -0.4 is 0 Å². The van der Waals surface area contributed by atoms with E-state index < -0.39 is 5.97 Å². The highest BCUT2D eigenvalue weighted by molar-refractivity contribution is 5.97. The Morgan fingerprint density at radius 3 is 2.80 bits per heavy atom. The second-order valence-corrected chi connectivity index (χ2v) is 6.29. The summed E-state index contributed by atoms with van der Waals surface area (Å²) in [4.78, 5) is 30.0. The first kappa shape index (κ1) is 17.3. The molecular weight excluding hydrogens is 324 g/mol. The van der Waals surface area contributed by atoms with Gasteiger partial charge in [0, 0.05) is 44.4 Å². The molecule has 0 radical (unpaired) electrons. The summed E-state index contributed by atoms with van der Waals surface area (Å²) in [5, 5.41) is 14.2. The summed E-state index contributed by atoms with van der Waals surface area (Å²) in [5.74, 6) is -1.10. The van der Waals surface area contributed by atoms with Gasteiger partial charge in [-0.25, -0.2) is 4.98 Å². The molecule has 0 atom stereocenters. The fraction of sp³-hybridized carbons (Fsp3) is 0.529. The minimum absolute atomic E-state index is 0.00806. The Morgan fingerprint density at radius 1 is 1.40 bits per heavy atom. The summed E-state index contributed by atoms with van der Waals surface area (Å²) in [6.07, 6.45) is 2.89. The number of carboxylic acid groups (broad SMARTS) is 1. The van der Waals surface area contributed by atoms with Crippen LogP contribution in [-0.2, 0) is 16.6 Å². The zero-order valence-electron chi connectivity index (χ0n) is 14.4. The van der Waals surface area contributed by atoms with E-state index in [4.69, 9.17) is 9.84 Å². The summed E-state index contributed by atoms with van der Waals surface area (Å²) in [6.45, 7) is 3.23. The van der Waals surface area contributed by atoms with E-state index >= 15 is 0 Å². The molecule has 0 spiro atoms. The van der Waals surface area contributed by atoms with Gasteiger partial charge in [-0.1, -0.05) is 0 Å². The van der Waals surface area contributed by atoms with Crippen molar-refractivity contribution in [3.8, 4) is 0 Å². The van der Waals surface area contributed by atoms with E-state index in [-0.39, 0.29) is 24.9 Å². The minimum Gasteiger partial charge on any atom is -0.481 e. The zero-order valence-corrected chi connectivity index (χ0v) is 14.4. The van der Waals surface area contributed by atoms with Crippen LogP contribution in [0.25, 0.3) is 11.0 Å². The van der Waals surface area contributed by atoms with E-state index in [1.54, 1.807) is 21.8 Å². The van der Waals surface area contributed by atoms with E-state index in [0.717, 1.165) is 16.7 Å². The highest BCUT2D eigenvalue weighted by atomic mass is 16.5. The highest BCUT2D eigenvalue weighted by Gasteiger charge is 2.27. The van der Waals surface area contributed by atoms with Crippen LogP contribution in [0.5, 0.6) is 0 Å². The van der Waals surface area contributed by atoms with Crippen LogP contribution in [0.3, 0.4) is 0 Å². The van der Waals surface area contributed by atoms with Crippen LogP contribution in [0.4, 0.5) is 0 Å². The number of fused-ring (bicyclic) bond motifs is 1. The average molecular weight is 346 g/mol. The SMILES string of the molecule is Cc1nn(C)c2ncc(C(=O)N(CCC(=O)O)C3CCOCC3)cc12. The van der Waals surface area contributed by atoms with Gasteiger partial charge in [-0.05, 0) is 25.8 Å². The van der Waals surface area contributed by atoms with Crippen molar-refractivity contribution in [2.75, 3.05) is 19.8 Å². The molecule has 1 amide bonds. The highest BCUT2D eigenvalue weighted by Crippen LogP contribution is 2.21. The standard InChI is InChI=1S/C17H22N4O4/c1-11-14-9-12(10-18-16(14)20(2)19-11)17(24)21(6-3-15(22)23)13-4-7-25-8-5-13/h9-10,13H,3-8H2,1-2H3,(H,22,23). The van der Waals surface area contributed by atoms with Crippen molar-refractivity contribution >= 4 is 22.9 Å². The van der Waals surface area contributed by atoms with Crippen molar-refractivity contribution in [3.05, 3.63) is 23.5 Å². The number of carboxylic acids is 1. The van der Waals surface area contributed by atoms with E-state index in [0.29, 0.717) is 31.6 Å². The molecule has 8 nitrogen and oxygen atoms in total. The number of aromatic nitrogens is 3. The van der Waals surface area contributed by atoms with E-state index in [9.17, 15) is 9.59 Å². The summed E-state index contributed by atoms with van der Waals surface area (Å²) in [6, 6.07) is 1.78. The second kappa shape index (κ2) is 7.18. The van der Waals surface area contributed by atoms with Crippen LogP contribution in [-0.4, -0.2) is 62.4 Å². The van der Waals surface area contributed by atoms with Gasteiger partial charge < -0.3 is 14.7 Å². The predicted molar refractivity (Wildman–Crippen MR) is 90.4 cm³/mol. The lowest BCUT2D eigenvalue weighted by Gasteiger charge is -2.34. The fourth-order valence-corrected chi connectivity index (χ4v) is 3.25. The molecule has 3 heterocycles. The number of hydrogen-bond acceptors (Lipinski definition) is 5. The molecule has 8 heteroatoms. The topological polar surface area (TPSA) is 97.6 Å². The molecule has 1 aliphatic rings. The van der Waals surface area contributed by atoms with E-state index in [1.807, 2.05) is 14.0 Å². The van der Waals surface area contributed by atoms with Crippen molar-refractivity contribution in [2.24, 2.45) is 7.05 Å². The Bertz CT molecular complexity index is 795. The lowest BCUT2D eigenvalue weighted by Crippen LogP contribution is -2.44. The van der Waals surface area contributed by atoms with Crippen molar-refractivity contribution in [1.82, 2.24) is 19.7 Å². The lowest BCUT2D eigenvalue weighted by atomic mass is 10.0. The molecule has 25 heavy (non-hydrogen) atoms. The lowest BCUT2D eigenvalue weighted by molar-refractivity contribution is -0.137. The third-order valence-electron chi connectivity index (χ3n) is 4.57. The fourth-order valence-electron chi connectivity index (χ4n) is 3.25. The van der Waals surface area contributed by atoms with Crippen LogP contribution >= 0.6 is 0 Å². The first-order valence-electron chi connectivity index (χ1n) is 8.37. The van der Waals surface area contributed by atoms with Gasteiger partial charge in [0.25, 0.3) is 5.91 Å². The third-order valence-corrected chi connectivity index (χ3v) is 4.57. The molecule has 2 aromatic rings. The average Bonchev–Trinajstić information content (AvgIpc) is 2.89. The Balaban J connectivity index is 1.90. The van der Waals surface area contributed by atoms with E-state index in [1.165, 1.54) is 0 Å². The van der Waals surface area contributed by atoms with Gasteiger partial charge in [-0.15, -0.1) is 0 Å². The van der Waals surface area contributed by atoms with Crippen LogP contribution in [0.1, 0.15) is 35.3 Å². The normalized spacial score (nSPS) is 15.4. The number of pyridine rings is 1. The smallest absolute Gasteiger partial charge is 0.305 e. The number of amides is 1. The van der Waals surface area contributed by atoms with Gasteiger partial charge >= 0.3 is 5.97 Å². The number of rotatable bonds is 5. The maximum absolute atomic E-state index is 13.0. The zero-order chi connectivity index (χ0) is 18.0. The van der Waals surface area contributed by atoms with Crippen LogP contribution in [0.2, 0.25) is 0 Å². The van der Waals surface area contributed by atoms with Crippen molar-refractivity contribution in [3.63, 3.8) is 0 Å². The molecule has 134 valence electrons. The number of ether oxygens (including phenoxy) is 1. The van der Waals surface area contributed by atoms with Crippen LogP contribution in [0.15, 0.2) is 12.3 Å². The predicted octanol–water partition coefficient (Wildman–Crippen LogP) is 1.37. The molecule has 0 unspecified atom stereocenters. The maximum Gasteiger partial charge on any atom is 0.305 e. The quantitative estimate of drug-likeness (QED) is 0.878. The Labute approximate surface area is 145 Å². The van der Waals surface area contributed by atoms with Crippen LogP contribution in [0, 0.1) is 6.92 Å². The van der Waals surface area contributed by atoms with Crippen molar-refractivity contribution in [1.29, 1.82) is 0 Å². The molecule has 0 aliphatic carbocycles. The van der Waals surface area contributed by atoms with E-state index in [2.05, 4.69) is 10.1 Å². The van der Waals surface area contributed by atoms with Gasteiger partial charge in [0.2, 0.25) is 0 Å². The van der Waals surface area contributed by atoms with Crippen molar-refractivity contribution < 1.29 is 19.4 Å². The van der Waals surface area contributed by atoms with Crippen molar-refractivity contribution in [2.45, 2.75) is 32.2 Å². The van der Waals surface area contributed by atoms with Gasteiger partial charge in [-0.3, -0.25) is 14.3 Å². The molecule has 1 aliphatic heterocycles. The van der Waals surface area contributed by atoms with Gasteiger partial charge in [0.05, 0.1) is 17.7 Å². The molecule has 0 bridgehead atoms. The first-order chi connectivity index (χ1) is 12.0. The third kappa shape index (κ3) is 3.63. The summed E-state index contributed by atoms with van der Waals surface area (Å²) >= 11 is 0. The number of aryl methyl sites for hydroxylation is 2. The number of aliphatic carboxylic acids is 1. The summed E-state index contributed by atoms with van der Waals surface area (Å²) < 4.78 is 7.04. The Kier molecular flexibility index (Phi) is 4.98. The number of carbonyl (C=O) groups is 2. The molecule has 1 saturated heterocycles. The minimum atomic E-state index is -0.915. The molecule has 3 rings (SSSR count). The first-order valence-corrected chi connectivity index (χ1v) is 8.37. The summed E-state index contributed by atoms with van der Waals surface area (Å²) in [7, 11) is 1.81. The monoisotopic (exact) mass is 346 g/mol.